The molecule has 116 valence electrons. The Labute approximate surface area is 119 Å². The van der Waals surface area contributed by atoms with Gasteiger partial charge in [-0.25, -0.2) is 0 Å². The highest BCUT2D eigenvalue weighted by Gasteiger charge is 2.31. The van der Waals surface area contributed by atoms with Crippen molar-refractivity contribution in [2.24, 2.45) is 10.9 Å². The number of oxime groups is 1. The standard InChI is InChI=1S/C13H16F3N3O2/c1-2-3-4-11(20)18-10-6-5-8(13(14,15)16)7-9(10)12(17)19-21/h5-7,21H,2-4H2,1H3,(H2,17,19)(H,18,20). The van der Waals surface area contributed by atoms with Gasteiger partial charge in [0.1, 0.15) is 0 Å². The van der Waals surface area contributed by atoms with Crippen molar-refractivity contribution in [3.63, 3.8) is 0 Å². The average Bonchev–Trinajstić information content (AvgIpc) is 2.43. The predicted octanol–water partition coefficient (Wildman–Crippen LogP) is 2.93. The van der Waals surface area contributed by atoms with Crippen LogP contribution >= 0.6 is 0 Å². The molecule has 0 bridgehead atoms. The minimum Gasteiger partial charge on any atom is -0.409 e. The molecule has 0 saturated carbocycles. The van der Waals surface area contributed by atoms with Crippen LogP contribution in [-0.4, -0.2) is 17.0 Å². The van der Waals surface area contributed by atoms with Crippen LogP contribution in [0.2, 0.25) is 0 Å². The molecule has 8 heteroatoms. The van der Waals surface area contributed by atoms with Crippen molar-refractivity contribution in [3.8, 4) is 0 Å². The number of hydrogen-bond acceptors (Lipinski definition) is 3. The van der Waals surface area contributed by atoms with Crippen molar-refractivity contribution in [1.82, 2.24) is 0 Å². The van der Waals surface area contributed by atoms with Crippen LogP contribution in [0, 0.1) is 0 Å². The molecule has 0 aliphatic carbocycles. The minimum absolute atomic E-state index is 0.0689. The lowest BCUT2D eigenvalue weighted by atomic mass is 10.1. The van der Waals surface area contributed by atoms with Crippen LogP contribution < -0.4 is 11.1 Å². The van der Waals surface area contributed by atoms with Crippen LogP contribution in [-0.2, 0) is 11.0 Å². The second-order valence-electron chi connectivity index (χ2n) is 4.40. The molecule has 5 nitrogen and oxygen atoms in total. The average molecular weight is 303 g/mol. The van der Waals surface area contributed by atoms with E-state index >= 15 is 0 Å². The number of benzene rings is 1. The molecule has 0 atom stereocenters. The summed E-state index contributed by atoms with van der Waals surface area (Å²) in [6, 6.07) is 2.63. The number of amidine groups is 1. The second kappa shape index (κ2) is 6.96. The molecule has 0 radical (unpaired) electrons. The first-order valence-electron chi connectivity index (χ1n) is 6.28. The van der Waals surface area contributed by atoms with Crippen molar-refractivity contribution in [3.05, 3.63) is 29.3 Å². The van der Waals surface area contributed by atoms with Crippen molar-refractivity contribution < 1.29 is 23.2 Å². The maximum absolute atomic E-state index is 12.7. The summed E-state index contributed by atoms with van der Waals surface area (Å²) in [6.07, 6.45) is -2.85. The molecule has 21 heavy (non-hydrogen) atoms. The fourth-order valence-electron chi connectivity index (χ4n) is 1.65. The van der Waals surface area contributed by atoms with Gasteiger partial charge in [0.15, 0.2) is 5.84 Å². The second-order valence-corrected chi connectivity index (χ2v) is 4.40. The summed E-state index contributed by atoms with van der Waals surface area (Å²) in [4.78, 5) is 11.6. The molecule has 0 saturated heterocycles. The summed E-state index contributed by atoms with van der Waals surface area (Å²) >= 11 is 0. The van der Waals surface area contributed by atoms with E-state index in [1.807, 2.05) is 6.92 Å². The van der Waals surface area contributed by atoms with Crippen LogP contribution in [0.15, 0.2) is 23.4 Å². The summed E-state index contributed by atoms with van der Waals surface area (Å²) in [6.45, 7) is 1.91. The molecule has 1 aromatic rings. The van der Waals surface area contributed by atoms with Gasteiger partial charge in [-0.3, -0.25) is 4.79 Å². The van der Waals surface area contributed by atoms with Crippen molar-refractivity contribution >= 4 is 17.4 Å². The highest BCUT2D eigenvalue weighted by Crippen LogP contribution is 2.31. The summed E-state index contributed by atoms with van der Waals surface area (Å²) in [5.41, 5.74) is 4.30. The molecule has 0 aromatic heterocycles. The lowest BCUT2D eigenvalue weighted by Gasteiger charge is -2.13. The van der Waals surface area contributed by atoms with Gasteiger partial charge in [-0.1, -0.05) is 18.5 Å². The number of rotatable bonds is 5. The third kappa shape index (κ3) is 4.66. The van der Waals surface area contributed by atoms with Gasteiger partial charge in [0.05, 0.1) is 11.3 Å². The molecule has 4 N–H and O–H groups in total. The topological polar surface area (TPSA) is 87.7 Å². The van der Waals surface area contributed by atoms with E-state index in [4.69, 9.17) is 10.9 Å². The Bertz CT molecular complexity index is 542. The van der Waals surface area contributed by atoms with Crippen LogP contribution in [0.3, 0.4) is 0 Å². The maximum Gasteiger partial charge on any atom is 0.416 e. The molecule has 0 spiro atoms. The monoisotopic (exact) mass is 303 g/mol. The number of nitrogens with one attached hydrogen (secondary N) is 1. The Morgan fingerprint density at radius 1 is 1.43 bits per heavy atom. The van der Waals surface area contributed by atoms with E-state index in [0.29, 0.717) is 6.42 Å². The zero-order valence-electron chi connectivity index (χ0n) is 11.4. The summed E-state index contributed by atoms with van der Waals surface area (Å²) < 4.78 is 38.0. The maximum atomic E-state index is 12.7. The number of carbonyl (C=O) groups is 1. The number of amides is 1. The number of anilines is 1. The first-order chi connectivity index (χ1) is 9.79. The van der Waals surface area contributed by atoms with E-state index in [1.54, 1.807) is 0 Å². The Morgan fingerprint density at radius 3 is 2.62 bits per heavy atom. The fraction of sp³-hybridized carbons (Fsp3) is 0.385. The van der Waals surface area contributed by atoms with Crippen LogP contribution in [0.1, 0.15) is 37.3 Å². The van der Waals surface area contributed by atoms with Gasteiger partial charge in [-0.2, -0.15) is 13.2 Å². The SMILES string of the molecule is CCCCC(=O)Nc1ccc(C(F)(F)F)cc1/C(N)=N/O. The van der Waals surface area contributed by atoms with E-state index in [0.717, 1.165) is 24.6 Å². The summed E-state index contributed by atoms with van der Waals surface area (Å²) in [7, 11) is 0. The molecular formula is C13H16F3N3O2. The Balaban J connectivity index is 3.11. The van der Waals surface area contributed by atoms with Gasteiger partial charge in [-0.15, -0.1) is 0 Å². The number of unbranched alkanes of at least 4 members (excludes halogenated alkanes) is 1. The molecule has 0 heterocycles. The third-order valence-electron chi connectivity index (χ3n) is 2.76. The van der Waals surface area contributed by atoms with Gasteiger partial charge in [0.25, 0.3) is 0 Å². The zero-order chi connectivity index (χ0) is 16.0. The minimum atomic E-state index is -4.56. The Kier molecular flexibility index (Phi) is 5.57. The van der Waals surface area contributed by atoms with Crippen molar-refractivity contribution in [1.29, 1.82) is 0 Å². The first-order valence-corrected chi connectivity index (χ1v) is 6.28. The zero-order valence-corrected chi connectivity index (χ0v) is 11.4. The lowest BCUT2D eigenvalue weighted by molar-refractivity contribution is -0.137. The Morgan fingerprint density at radius 2 is 2.10 bits per heavy atom. The molecule has 0 unspecified atom stereocenters. The quantitative estimate of drug-likeness (QED) is 0.338. The van der Waals surface area contributed by atoms with E-state index in [1.165, 1.54) is 0 Å². The van der Waals surface area contributed by atoms with E-state index < -0.39 is 17.6 Å². The summed E-state index contributed by atoms with van der Waals surface area (Å²) in [5.74, 6) is -0.851. The van der Waals surface area contributed by atoms with Gasteiger partial charge >= 0.3 is 6.18 Å². The molecule has 0 fully saturated rings. The van der Waals surface area contributed by atoms with E-state index in [-0.39, 0.29) is 23.6 Å². The highest BCUT2D eigenvalue weighted by atomic mass is 19.4. The third-order valence-corrected chi connectivity index (χ3v) is 2.76. The number of hydrogen-bond donors (Lipinski definition) is 3. The van der Waals surface area contributed by atoms with E-state index in [2.05, 4.69) is 10.5 Å². The predicted molar refractivity (Wildman–Crippen MR) is 72.1 cm³/mol. The van der Waals surface area contributed by atoms with Gasteiger partial charge in [0.2, 0.25) is 5.91 Å². The molecule has 0 aliphatic rings. The molecule has 1 rings (SSSR count). The van der Waals surface area contributed by atoms with Crippen molar-refractivity contribution in [2.75, 3.05) is 5.32 Å². The molecule has 0 aliphatic heterocycles. The highest BCUT2D eigenvalue weighted by molar-refractivity contribution is 6.05. The van der Waals surface area contributed by atoms with E-state index in [9.17, 15) is 18.0 Å². The van der Waals surface area contributed by atoms with Crippen LogP contribution in [0.25, 0.3) is 0 Å². The number of carbonyl (C=O) groups excluding carboxylic acids is 1. The smallest absolute Gasteiger partial charge is 0.409 e. The normalized spacial score (nSPS) is 12.3. The lowest BCUT2D eigenvalue weighted by Crippen LogP contribution is -2.20. The molecule has 1 amide bonds. The number of halogens is 3. The first kappa shape index (κ1) is 16.8. The largest absolute Gasteiger partial charge is 0.416 e. The number of alkyl halides is 3. The molecule has 1 aromatic carbocycles. The Hall–Kier alpha value is -2.25. The summed E-state index contributed by atoms with van der Waals surface area (Å²) in [5, 5.41) is 13.8. The number of nitrogens with zero attached hydrogens (tertiary/aromatic N) is 1. The number of nitrogens with two attached hydrogens (primary N) is 1. The van der Waals surface area contributed by atoms with Gasteiger partial charge in [0, 0.05) is 12.0 Å². The van der Waals surface area contributed by atoms with Crippen LogP contribution in [0.5, 0.6) is 0 Å². The van der Waals surface area contributed by atoms with Gasteiger partial charge < -0.3 is 16.3 Å². The van der Waals surface area contributed by atoms with Crippen LogP contribution in [0.4, 0.5) is 18.9 Å². The fourth-order valence-corrected chi connectivity index (χ4v) is 1.65. The molecular weight excluding hydrogens is 287 g/mol. The van der Waals surface area contributed by atoms with Crippen molar-refractivity contribution in [2.45, 2.75) is 32.4 Å². The van der Waals surface area contributed by atoms with Gasteiger partial charge in [-0.05, 0) is 24.6 Å².